The molecule has 7 nitrogen and oxygen atoms in total. The van der Waals surface area contributed by atoms with Crippen molar-refractivity contribution in [2.24, 2.45) is 4.40 Å². The lowest BCUT2D eigenvalue weighted by Crippen LogP contribution is -2.34. The van der Waals surface area contributed by atoms with Crippen LogP contribution in [0.3, 0.4) is 0 Å². The van der Waals surface area contributed by atoms with Crippen LogP contribution >= 0.6 is 0 Å². The van der Waals surface area contributed by atoms with Gasteiger partial charge in [-0.05, 0) is 46.8 Å². The second-order valence-electron chi connectivity index (χ2n) is 8.69. The van der Waals surface area contributed by atoms with Crippen molar-refractivity contribution in [1.82, 2.24) is 0 Å². The van der Waals surface area contributed by atoms with Crippen LogP contribution in [0.5, 0.6) is 11.5 Å². The number of fused-ring (bicyclic) bond motifs is 1. The molecule has 1 saturated heterocycles. The lowest BCUT2D eigenvalue weighted by molar-refractivity contribution is -0.146. The van der Waals surface area contributed by atoms with E-state index in [9.17, 15) is 4.21 Å². The Morgan fingerprint density at radius 2 is 1.97 bits per heavy atom. The lowest BCUT2D eigenvalue weighted by atomic mass is 10.00. The highest BCUT2D eigenvalue weighted by atomic mass is 32.2. The Bertz CT molecular complexity index is 786. The summed E-state index contributed by atoms with van der Waals surface area (Å²) in [7, 11) is 0.254. The molecule has 0 aromatic heterocycles. The summed E-state index contributed by atoms with van der Waals surface area (Å²) in [6, 6.07) is 5.58. The molecule has 0 aliphatic carbocycles. The van der Waals surface area contributed by atoms with Gasteiger partial charge in [0.2, 0.25) is 0 Å². The summed E-state index contributed by atoms with van der Waals surface area (Å²) in [4.78, 5) is 0. The van der Waals surface area contributed by atoms with Crippen LogP contribution in [0.25, 0.3) is 0 Å². The van der Waals surface area contributed by atoms with Crippen molar-refractivity contribution in [3.63, 3.8) is 0 Å². The first kappa shape index (κ1) is 22.2. The second kappa shape index (κ2) is 8.71. The van der Waals surface area contributed by atoms with Gasteiger partial charge in [-0.3, -0.25) is 0 Å². The average Bonchev–Trinajstić information content (AvgIpc) is 2.99. The number of benzene rings is 1. The van der Waals surface area contributed by atoms with E-state index < -0.39 is 21.5 Å². The third-order valence-corrected chi connectivity index (χ3v) is 6.04. The minimum Gasteiger partial charge on any atom is -0.497 e. The van der Waals surface area contributed by atoms with Crippen molar-refractivity contribution in [1.29, 1.82) is 0 Å². The van der Waals surface area contributed by atoms with E-state index >= 15 is 0 Å². The molecular formula is C21H31NO6S. The van der Waals surface area contributed by atoms with Crippen LogP contribution in [-0.2, 0) is 25.2 Å². The van der Waals surface area contributed by atoms with E-state index in [4.69, 9.17) is 23.7 Å². The van der Waals surface area contributed by atoms with Crippen molar-refractivity contribution in [2.75, 3.05) is 26.9 Å². The Morgan fingerprint density at radius 1 is 1.24 bits per heavy atom. The number of ether oxygens (including phenoxy) is 5. The molecule has 0 spiro atoms. The molecule has 2 aliphatic rings. The molecule has 0 amide bonds. The zero-order valence-corrected chi connectivity index (χ0v) is 18.8. The van der Waals surface area contributed by atoms with Gasteiger partial charge in [0.05, 0.1) is 37.4 Å². The third-order valence-electron chi connectivity index (χ3n) is 4.61. The first-order valence-electron chi connectivity index (χ1n) is 9.81. The van der Waals surface area contributed by atoms with Gasteiger partial charge < -0.3 is 23.7 Å². The molecule has 0 saturated carbocycles. The highest BCUT2D eigenvalue weighted by Crippen LogP contribution is 2.33. The van der Waals surface area contributed by atoms with E-state index in [1.54, 1.807) is 7.11 Å². The standard InChI is InChI=1S/C21H31NO6S/c1-20(2,3)29(23)22-18-9-15(11-25-12-16-13-26-21(4,5)28-16)27-19-10-14(24-6)7-8-17(18)19/h7-8,10,15-16H,9,11-13H2,1-6H3/t15-,16-,29-/m0/s1. The number of hydrogen-bond donors (Lipinski definition) is 0. The lowest BCUT2D eigenvalue weighted by Gasteiger charge is -2.28. The Labute approximate surface area is 175 Å². The molecule has 3 atom stereocenters. The summed E-state index contributed by atoms with van der Waals surface area (Å²) in [5.41, 5.74) is 1.60. The minimum absolute atomic E-state index is 0.0949. The van der Waals surface area contributed by atoms with Gasteiger partial charge in [0.1, 0.15) is 34.7 Å². The van der Waals surface area contributed by atoms with Gasteiger partial charge >= 0.3 is 0 Å². The number of hydrogen-bond acceptors (Lipinski definition) is 6. The summed E-state index contributed by atoms with van der Waals surface area (Å²) >= 11 is 0. The smallest absolute Gasteiger partial charge is 0.163 e. The maximum absolute atomic E-state index is 12.6. The molecule has 1 aromatic rings. The fourth-order valence-corrected chi connectivity index (χ4v) is 3.75. The first-order chi connectivity index (χ1) is 13.6. The topological polar surface area (TPSA) is 75.6 Å². The Kier molecular flexibility index (Phi) is 6.67. The van der Waals surface area contributed by atoms with E-state index in [1.165, 1.54) is 0 Å². The van der Waals surface area contributed by atoms with E-state index in [1.807, 2.05) is 52.8 Å². The third kappa shape index (κ3) is 5.78. The summed E-state index contributed by atoms with van der Waals surface area (Å²) in [6.07, 6.45) is 0.192. The fourth-order valence-electron chi connectivity index (χ4n) is 3.10. The predicted octanol–water partition coefficient (Wildman–Crippen LogP) is 3.27. The fraction of sp³-hybridized carbons (Fsp3) is 0.667. The maximum Gasteiger partial charge on any atom is 0.163 e. The first-order valence-corrected chi connectivity index (χ1v) is 10.9. The Balaban J connectivity index is 1.71. The summed E-state index contributed by atoms with van der Waals surface area (Å²) in [5.74, 6) is 0.789. The molecular weight excluding hydrogens is 394 g/mol. The Hall–Kier alpha value is -1.48. The minimum atomic E-state index is -1.36. The summed E-state index contributed by atoms with van der Waals surface area (Å²) < 4.78 is 45.3. The second-order valence-corrected chi connectivity index (χ2v) is 10.6. The molecule has 1 fully saturated rings. The normalized spacial score (nSPS) is 26.1. The number of nitrogens with zero attached hydrogens (tertiary/aromatic N) is 1. The quantitative estimate of drug-likeness (QED) is 0.696. The molecule has 29 heavy (non-hydrogen) atoms. The molecule has 0 radical (unpaired) electrons. The summed E-state index contributed by atoms with van der Waals surface area (Å²) in [5, 5.41) is 0. The van der Waals surface area contributed by atoms with E-state index in [0.29, 0.717) is 37.7 Å². The number of methoxy groups -OCH3 is 1. The highest BCUT2D eigenvalue weighted by molar-refractivity contribution is 7.85. The molecule has 2 heterocycles. The molecule has 162 valence electrons. The van der Waals surface area contributed by atoms with Crippen LogP contribution in [0.4, 0.5) is 0 Å². The van der Waals surface area contributed by atoms with Crippen molar-refractivity contribution >= 4 is 16.7 Å². The van der Waals surface area contributed by atoms with Gasteiger partial charge in [0.15, 0.2) is 5.79 Å². The predicted molar refractivity (Wildman–Crippen MR) is 112 cm³/mol. The number of rotatable bonds is 6. The van der Waals surface area contributed by atoms with E-state index in [-0.39, 0.29) is 12.2 Å². The molecule has 2 aliphatic heterocycles. The van der Waals surface area contributed by atoms with Gasteiger partial charge in [-0.25, -0.2) is 4.21 Å². The van der Waals surface area contributed by atoms with Crippen molar-refractivity contribution in [3.05, 3.63) is 23.8 Å². The zero-order valence-electron chi connectivity index (χ0n) is 18.0. The van der Waals surface area contributed by atoms with Gasteiger partial charge in [-0.15, -0.1) is 0 Å². The molecule has 8 heteroatoms. The molecule has 0 bridgehead atoms. The van der Waals surface area contributed by atoms with Crippen molar-refractivity contribution < 1.29 is 27.9 Å². The van der Waals surface area contributed by atoms with E-state index in [2.05, 4.69) is 4.40 Å². The summed E-state index contributed by atoms with van der Waals surface area (Å²) in [6.45, 7) is 10.8. The zero-order chi connectivity index (χ0) is 21.2. The molecule has 0 unspecified atom stereocenters. The molecule has 0 N–H and O–H groups in total. The van der Waals surface area contributed by atoms with Gasteiger partial charge in [0, 0.05) is 18.1 Å². The Morgan fingerprint density at radius 3 is 2.59 bits per heavy atom. The van der Waals surface area contributed by atoms with Crippen molar-refractivity contribution in [3.8, 4) is 11.5 Å². The van der Waals surface area contributed by atoms with Gasteiger partial charge in [-0.2, -0.15) is 4.40 Å². The van der Waals surface area contributed by atoms with E-state index in [0.717, 1.165) is 11.3 Å². The molecule has 1 aromatic carbocycles. The van der Waals surface area contributed by atoms with Crippen LogP contribution in [0.2, 0.25) is 0 Å². The van der Waals surface area contributed by atoms with Crippen LogP contribution < -0.4 is 9.47 Å². The SMILES string of the molecule is COc1ccc2c(c1)O[C@H](COC[C@H]1COC(C)(C)O1)CC2=N[S@@](=O)C(C)(C)C. The monoisotopic (exact) mass is 425 g/mol. The maximum atomic E-state index is 12.6. The largest absolute Gasteiger partial charge is 0.497 e. The average molecular weight is 426 g/mol. The van der Waals surface area contributed by atoms with Crippen LogP contribution in [-0.4, -0.2) is 59.6 Å². The molecule has 3 rings (SSSR count). The van der Waals surface area contributed by atoms with Crippen LogP contribution in [0.15, 0.2) is 22.6 Å². The van der Waals surface area contributed by atoms with Crippen LogP contribution in [0, 0.1) is 0 Å². The highest BCUT2D eigenvalue weighted by Gasteiger charge is 2.33. The van der Waals surface area contributed by atoms with Crippen molar-refractivity contribution in [2.45, 2.75) is 63.8 Å². The van der Waals surface area contributed by atoms with Gasteiger partial charge in [0.25, 0.3) is 0 Å². The van der Waals surface area contributed by atoms with Crippen LogP contribution in [0.1, 0.15) is 46.6 Å². The van der Waals surface area contributed by atoms with Gasteiger partial charge in [-0.1, -0.05) is 0 Å².